The number of nitrogens with one attached hydrogen (secondary N) is 6. The number of nitrogens with zero attached hydrogens (tertiary/aromatic N) is 2. The summed E-state index contributed by atoms with van der Waals surface area (Å²) < 4.78 is 12.1. The summed E-state index contributed by atoms with van der Waals surface area (Å²) in [4.78, 5) is 125. The molecule has 9 amide bonds. The van der Waals surface area contributed by atoms with Crippen LogP contribution in [0.4, 0.5) is 0 Å². The number of primary amides is 1. The summed E-state index contributed by atoms with van der Waals surface area (Å²) in [5, 5.41) is 25.8. The maximum Gasteiger partial charge on any atom is 0.246 e. The van der Waals surface area contributed by atoms with Crippen LogP contribution in [0, 0.1) is 11.8 Å². The number of aliphatic hydroxyl groups excluding tert-OH is 1. The normalized spacial score (nSPS) is 28.8. The Hall–Kier alpha value is -4.66. The second-order valence-electron chi connectivity index (χ2n) is 16.1. The van der Waals surface area contributed by atoms with E-state index in [1.54, 1.807) is 6.92 Å². The molecular formula is C38H63N9O11S. The molecule has 3 aliphatic heterocycles. The van der Waals surface area contributed by atoms with E-state index in [0.717, 1.165) is 0 Å². The maximum atomic E-state index is 14.3. The zero-order valence-corrected chi connectivity index (χ0v) is 35.7. The standard InChI is InChI=1S/C38H63N9O11S/c1-7-21(4)30-38(57)47-16-9-10-26(47)34(53)42-23(12-13-28(39)49)33(52)45-31(22(5)48)36(55)40-19-29(50)41-24(14-17-59(6)58)32(51)43-25(18-20(2)3)37(56)46-15-8-11-27(46)35(54)44-30/h20-27,30-31,48H,7-19H2,1-6H3,(H2,39,49)(H,40,55)(H,41,50)(H,42,53)(H,43,51)(H,44,54)(H,45,52)/t21-,22+,23-,24-,25-,26-,27-,30-,31-,59+/m0/s1. The van der Waals surface area contributed by atoms with Crippen LogP contribution in [0.5, 0.6) is 0 Å². The van der Waals surface area contributed by atoms with E-state index < -0.39 is 125 Å². The molecule has 20 nitrogen and oxygen atoms in total. The zero-order valence-electron chi connectivity index (χ0n) is 34.9. The fourth-order valence-corrected chi connectivity index (χ4v) is 8.01. The molecule has 9 N–H and O–H groups in total. The minimum absolute atomic E-state index is 0.000272. The van der Waals surface area contributed by atoms with Crippen LogP contribution in [0.25, 0.3) is 0 Å². The monoisotopic (exact) mass is 853 g/mol. The van der Waals surface area contributed by atoms with E-state index in [1.165, 1.54) is 23.0 Å². The summed E-state index contributed by atoms with van der Waals surface area (Å²) in [5.74, 6) is -7.24. The number of fused-ring (bicyclic) bond motifs is 2. The van der Waals surface area contributed by atoms with Crippen molar-refractivity contribution in [3.05, 3.63) is 0 Å². The van der Waals surface area contributed by atoms with Crippen molar-refractivity contribution in [1.82, 2.24) is 41.7 Å². The molecule has 0 aliphatic carbocycles. The van der Waals surface area contributed by atoms with Gasteiger partial charge in [-0.3, -0.25) is 47.4 Å². The van der Waals surface area contributed by atoms with Crippen molar-refractivity contribution in [3.63, 3.8) is 0 Å². The van der Waals surface area contributed by atoms with Gasteiger partial charge in [0.1, 0.15) is 42.3 Å². The first kappa shape index (κ1) is 48.7. The number of aliphatic hydroxyl groups is 1. The Morgan fingerprint density at radius 3 is 1.81 bits per heavy atom. The average Bonchev–Trinajstić information content (AvgIpc) is 3.87. The van der Waals surface area contributed by atoms with Gasteiger partial charge in [0.05, 0.1) is 12.6 Å². The number of nitrogens with two attached hydrogens (primary N) is 1. The minimum Gasteiger partial charge on any atom is -0.391 e. The highest BCUT2D eigenvalue weighted by Gasteiger charge is 2.44. The first-order chi connectivity index (χ1) is 27.7. The molecule has 21 heteroatoms. The van der Waals surface area contributed by atoms with E-state index in [-0.39, 0.29) is 63.3 Å². The average molecular weight is 854 g/mol. The van der Waals surface area contributed by atoms with Gasteiger partial charge < -0.3 is 52.5 Å². The summed E-state index contributed by atoms with van der Waals surface area (Å²) >= 11 is 0. The molecular weight excluding hydrogens is 791 g/mol. The quantitative estimate of drug-likeness (QED) is 0.104. The van der Waals surface area contributed by atoms with Crippen LogP contribution in [0.1, 0.15) is 92.4 Å². The predicted molar refractivity (Wildman–Crippen MR) is 215 cm³/mol. The van der Waals surface area contributed by atoms with Gasteiger partial charge in [-0.1, -0.05) is 34.1 Å². The van der Waals surface area contributed by atoms with Crippen LogP contribution in [-0.2, 0) is 54.0 Å². The number of rotatable bonds is 11. The van der Waals surface area contributed by atoms with Crippen molar-refractivity contribution in [2.24, 2.45) is 17.6 Å². The van der Waals surface area contributed by atoms with Gasteiger partial charge in [0.25, 0.3) is 0 Å². The van der Waals surface area contributed by atoms with E-state index >= 15 is 0 Å². The van der Waals surface area contributed by atoms with E-state index in [1.807, 2.05) is 20.8 Å². The van der Waals surface area contributed by atoms with Gasteiger partial charge >= 0.3 is 0 Å². The molecule has 0 aromatic heterocycles. The van der Waals surface area contributed by atoms with Gasteiger partial charge in [0.2, 0.25) is 53.2 Å². The molecule has 0 aromatic rings. The van der Waals surface area contributed by atoms with Gasteiger partial charge in [-0.25, -0.2) is 0 Å². The van der Waals surface area contributed by atoms with Crippen LogP contribution >= 0.6 is 0 Å². The lowest BCUT2D eigenvalue weighted by Gasteiger charge is -2.34. The Balaban J connectivity index is 2.08. The fraction of sp³-hybridized carbons (Fsp3) is 0.763. The Morgan fingerprint density at radius 2 is 1.27 bits per heavy atom. The summed E-state index contributed by atoms with van der Waals surface area (Å²) in [6.07, 6.45) is 1.19. The molecule has 59 heavy (non-hydrogen) atoms. The summed E-state index contributed by atoms with van der Waals surface area (Å²) in [5.41, 5.74) is 5.35. The number of hydrogen-bond donors (Lipinski definition) is 8. The van der Waals surface area contributed by atoms with Gasteiger partial charge in [0, 0.05) is 42.3 Å². The van der Waals surface area contributed by atoms with Gasteiger partial charge in [-0.2, -0.15) is 0 Å². The highest BCUT2D eigenvalue weighted by atomic mass is 32.2. The number of hydrogen-bond acceptors (Lipinski definition) is 11. The predicted octanol–water partition coefficient (Wildman–Crippen LogP) is -2.97. The highest BCUT2D eigenvalue weighted by molar-refractivity contribution is 7.84. The Kier molecular flexibility index (Phi) is 18.7. The molecule has 10 atom stereocenters. The number of amides is 9. The van der Waals surface area contributed by atoms with Crippen molar-refractivity contribution in [3.8, 4) is 0 Å². The second-order valence-corrected chi connectivity index (χ2v) is 17.7. The molecule has 332 valence electrons. The van der Waals surface area contributed by atoms with Crippen LogP contribution in [0.2, 0.25) is 0 Å². The molecule has 3 saturated heterocycles. The summed E-state index contributed by atoms with van der Waals surface area (Å²) in [7, 11) is -1.38. The molecule has 0 radical (unpaired) electrons. The lowest BCUT2D eigenvalue weighted by atomic mass is 9.96. The van der Waals surface area contributed by atoms with Crippen LogP contribution < -0.4 is 37.6 Å². The lowest BCUT2D eigenvalue weighted by Crippen LogP contribution is -2.61. The molecule has 3 rings (SSSR count). The summed E-state index contributed by atoms with van der Waals surface area (Å²) in [6, 6.07) is -8.67. The SMILES string of the molecule is CC[C@H](C)[C@@H]1NC(=O)[C@@H]2CCCN2C(=O)[C@H](CC(C)C)NC(=O)[C@H](CC[S@@](C)=O)NC(=O)CNC(=O)[C@H]([C@@H](C)O)NC(=O)[C@H](CCC(N)=O)NC(=O)[C@@H]2CCCN2C1=O. The Morgan fingerprint density at radius 1 is 0.746 bits per heavy atom. The molecule has 0 bridgehead atoms. The third-order valence-corrected chi connectivity index (χ3v) is 11.7. The molecule has 0 unspecified atom stereocenters. The highest BCUT2D eigenvalue weighted by Crippen LogP contribution is 2.25. The smallest absolute Gasteiger partial charge is 0.246 e. The Bertz CT molecular complexity index is 1610. The molecule has 3 fully saturated rings. The fourth-order valence-electron chi connectivity index (χ4n) is 7.44. The van der Waals surface area contributed by atoms with Crippen LogP contribution in [0.3, 0.4) is 0 Å². The minimum atomic E-state index is -1.66. The van der Waals surface area contributed by atoms with E-state index in [4.69, 9.17) is 5.73 Å². The van der Waals surface area contributed by atoms with Crippen molar-refractivity contribution in [2.45, 2.75) is 141 Å². The van der Waals surface area contributed by atoms with E-state index in [9.17, 15) is 52.5 Å². The van der Waals surface area contributed by atoms with Crippen LogP contribution in [0.15, 0.2) is 0 Å². The van der Waals surface area contributed by atoms with Crippen molar-refractivity contribution < 1.29 is 52.5 Å². The van der Waals surface area contributed by atoms with Crippen molar-refractivity contribution in [1.29, 1.82) is 0 Å². The van der Waals surface area contributed by atoms with Gasteiger partial charge in [-0.15, -0.1) is 0 Å². The third-order valence-electron chi connectivity index (χ3n) is 10.9. The molecule has 0 saturated carbocycles. The molecule has 3 heterocycles. The maximum absolute atomic E-state index is 14.3. The zero-order chi connectivity index (χ0) is 44.1. The molecule has 3 aliphatic rings. The van der Waals surface area contributed by atoms with E-state index in [0.29, 0.717) is 19.3 Å². The lowest BCUT2D eigenvalue weighted by molar-refractivity contribution is -0.145. The van der Waals surface area contributed by atoms with Crippen molar-refractivity contribution in [2.75, 3.05) is 31.6 Å². The molecule has 0 spiro atoms. The van der Waals surface area contributed by atoms with Gasteiger partial charge in [0.15, 0.2) is 0 Å². The topological polar surface area (TPSA) is 296 Å². The van der Waals surface area contributed by atoms with Gasteiger partial charge in [-0.05, 0) is 63.7 Å². The summed E-state index contributed by atoms with van der Waals surface area (Å²) in [6.45, 7) is 8.15. The first-order valence-electron chi connectivity index (χ1n) is 20.4. The third kappa shape index (κ3) is 14.0. The first-order valence-corrected chi connectivity index (χ1v) is 22.1. The van der Waals surface area contributed by atoms with Crippen LogP contribution in [-0.4, -0.2) is 152 Å². The Labute approximate surface area is 347 Å². The second kappa shape index (κ2) is 22.6. The number of carbonyl (C=O) groups excluding carboxylic acids is 9. The number of carbonyl (C=O) groups is 9. The largest absolute Gasteiger partial charge is 0.391 e. The van der Waals surface area contributed by atoms with Crippen molar-refractivity contribution >= 4 is 64.0 Å². The molecule has 0 aromatic carbocycles. The van der Waals surface area contributed by atoms with E-state index in [2.05, 4.69) is 31.9 Å².